The summed E-state index contributed by atoms with van der Waals surface area (Å²) in [5, 5.41) is 2.19. The third-order valence-electron chi connectivity index (χ3n) is 4.66. The quantitative estimate of drug-likeness (QED) is 0.369. The predicted molar refractivity (Wildman–Crippen MR) is 86.5 cm³/mol. The molecule has 3 unspecified atom stereocenters. The van der Waals surface area contributed by atoms with Gasteiger partial charge in [0.1, 0.15) is 17.9 Å². The summed E-state index contributed by atoms with van der Waals surface area (Å²) in [6.07, 6.45) is 3.91. The number of likely N-dealkylation sites (N-methyl/N-ethyl adjacent to an activating group) is 1. The zero-order chi connectivity index (χ0) is 19.3. The fraction of sp³-hybridized carbons (Fsp3) is 0.600. The van der Waals surface area contributed by atoms with Crippen LogP contribution >= 0.6 is 7.60 Å². The largest absolute Gasteiger partial charge is 0.430 e. The van der Waals surface area contributed by atoms with E-state index < -0.39 is 48.1 Å². The van der Waals surface area contributed by atoms with Gasteiger partial charge < -0.3 is 19.1 Å². The Morgan fingerprint density at radius 1 is 1.58 bits per heavy atom. The highest BCUT2D eigenvalue weighted by Crippen LogP contribution is 2.51. The van der Waals surface area contributed by atoms with Gasteiger partial charge in [0.25, 0.3) is 5.91 Å². The van der Waals surface area contributed by atoms with Gasteiger partial charge in [0.2, 0.25) is 6.23 Å². The van der Waals surface area contributed by atoms with Crippen molar-refractivity contribution in [3.05, 3.63) is 11.8 Å². The maximum absolute atomic E-state index is 12.5. The highest BCUT2D eigenvalue weighted by atomic mass is 31.2. The number of nitrogens with zero attached hydrogens (tertiary/aromatic N) is 1. The Hall–Kier alpha value is -1.57. The molecule has 142 valence electrons. The molecule has 0 radical (unpaired) electrons. The summed E-state index contributed by atoms with van der Waals surface area (Å²) in [4.78, 5) is 34.0. The minimum absolute atomic E-state index is 0.0247. The zero-order valence-electron chi connectivity index (χ0n) is 14.5. The van der Waals surface area contributed by atoms with Crippen LogP contribution in [-0.2, 0) is 28.1 Å². The molecule has 0 aromatic heterocycles. The van der Waals surface area contributed by atoms with Gasteiger partial charge in [-0.3, -0.25) is 13.9 Å². The average Bonchev–Trinajstić information content (AvgIpc) is 3.01. The van der Waals surface area contributed by atoms with Crippen LogP contribution in [0.3, 0.4) is 0 Å². The van der Waals surface area contributed by atoms with Gasteiger partial charge in [-0.1, -0.05) is 5.92 Å². The number of rotatable bonds is 5. The highest BCUT2D eigenvalue weighted by Gasteiger charge is 2.70. The van der Waals surface area contributed by atoms with E-state index in [2.05, 4.69) is 11.2 Å². The lowest BCUT2D eigenvalue weighted by atomic mass is 10.00. The summed E-state index contributed by atoms with van der Waals surface area (Å²) >= 11 is 0. The van der Waals surface area contributed by atoms with E-state index >= 15 is 0 Å². The molecule has 2 saturated heterocycles. The molecule has 3 aliphatic rings. The lowest BCUT2D eigenvalue weighted by Gasteiger charge is -2.39. The predicted octanol–water partition coefficient (Wildman–Crippen LogP) is -0.459. The molecule has 26 heavy (non-hydrogen) atoms. The molecule has 0 aliphatic carbocycles. The van der Waals surface area contributed by atoms with Gasteiger partial charge in [0.05, 0.1) is 20.3 Å². The fourth-order valence-corrected chi connectivity index (χ4v) is 4.23. The molecular formula is C15H20N2O8P+. The number of urea groups is 1. The maximum Gasteiger partial charge on any atom is 0.430 e. The van der Waals surface area contributed by atoms with Gasteiger partial charge >= 0.3 is 13.6 Å². The Labute approximate surface area is 150 Å². The number of hydrogen-bond acceptors (Lipinski definition) is 7. The topological polar surface area (TPSA) is 120 Å². The Bertz CT molecular complexity index is 770. The molecule has 0 aromatic carbocycles. The van der Waals surface area contributed by atoms with E-state index in [1.165, 1.54) is 20.4 Å². The van der Waals surface area contributed by atoms with E-state index in [1.807, 2.05) is 0 Å². The number of carbonyl (C=O) groups is 2. The first-order chi connectivity index (χ1) is 12.1. The minimum atomic E-state index is -3.87. The van der Waals surface area contributed by atoms with Crippen molar-refractivity contribution in [3.8, 4) is 12.3 Å². The van der Waals surface area contributed by atoms with Crippen molar-refractivity contribution in [1.29, 1.82) is 0 Å². The molecule has 11 heteroatoms. The van der Waals surface area contributed by atoms with E-state index in [1.54, 1.807) is 0 Å². The van der Waals surface area contributed by atoms with Crippen molar-refractivity contribution in [2.45, 2.75) is 24.0 Å². The second kappa shape index (κ2) is 6.25. The number of nitrogens with one attached hydrogen (secondary N) is 1. The molecule has 6 atom stereocenters. The minimum Gasteiger partial charge on any atom is -0.381 e. The normalized spacial score (nSPS) is 41.3. The molecule has 0 aromatic rings. The molecule has 3 amide bonds. The van der Waals surface area contributed by atoms with Crippen LogP contribution in [0.4, 0.5) is 4.79 Å². The second-order valence-corrected chi connectivity index (χ2v) is 8.52. The number of quaternary nitrogens is 1. The van der Waals surface area contributed by atoms with Crippen molar-refractivity contribution >= 4 is 19.5 Å². The number of amides is 3. The monoisotopic (exact) mass is 387 g/mol. The van der Waals surface area contributed by atoms with Gasteiger partial charge in [0.15, 0.2) is 11.7 Å². The van der Waals surface area contributed by atoms with Crippen LogP contribution in [0.5, 0.6) is 0 Å². The first-order valence-corrected chi connectivity index (χ1v) is 9.77. The standard InChI is InChI=1S/C15H19N2O8P/c1-5-9-6-17(2,14(19)16-12(9)18)13-10-11(25-26(4,20)21)15(24-13,7-22-3)8-23-10/h1,6,10-11,13H,7-8H2,2-4H3,(H-,16,18,19,20,21)/p+1/t10-,11?,13+,15-,17?/m0/s1. The molecule has 2 bridgehead atoms. The van der Waals surface area contributed by atoms with E-state index in [9.17, 15) is 19.0 Å². The van der Waals surface area contributed by atoms with Gasteiger partial charge in [-0.25, -0.2) is 10.1 Å². The van der Waals surface area contributed by atoms with Gasteiger partial charge in [-0.2, -0.15) is 4.48 Å². The molecular weight excluding hydrogens is 367 g/mol. The number of ether oxygens (including phenoxy) is 3. The van der Waals surface area contributed by atoms with Crippen LogP contribution in [0.25, 0.3) is 0 Å². The summed E-state index contributed by atoms with van der Waals surface area (Å²) in [7, 11) is -0.933. The molecule has 3 aliphatic heterocycles. The Kier molecular flexibility index (Phi) is 4.61. The first-order valence-electron chi connectivity index (χ1n) is 7.74. The summed E-state index contributed by atoms with van der Waals surface area (Å²) < 4.78 is 33.6. The van der Waals surface area contributed by atoms with Crippen molar-refractivity contribution in [1.82, 2.24) is 5.32 Å². The molecule has 2 N–H and O–H groups in total. The fourth-order valence-electron chi connectivity index (χ4n) is 3.49. The van der Waals surface area contributed by atoms with Crippen molar-refractivity contribution in [2.75, 3.05) is 34.0 Å². The number of carbonyl (C=O) groups excluding carboxylic acids is 2. The Morgan fingerprint density at radius 3 is 2.85 bits per heavy atom. The third-order valence-corrected chi connectivity index (χ3v) is 5.27. The average molecular weight is 387 g/mol. The molecule has 3 rings (SSSR count). The molecule has 0 spiro atoms. The van der Waals surface area contributed by atoms with Crippen molar-refractivity contribution < 1.29 is 42.3 Å². The lowest BCUT2D eigenvalue weighted by Crippen LogP contribution is -2.65. The summed E-state index contributed by atoms with van der Waals surface area (Å²) in [6.45, 7) is 1.15. The van der Waals surface area contributed by atoms with E-state index in [0.29, 0.717) is 0 Å². The van der Waals surface area contributed by atoms with Crippen molar-refractivity contribution in [3.63, 3.8) is 0 Å². The summed E-state index contributed by atoms with van der Waals surface area (Å²) in [5.74, 6) is 1.55. The van der Waals surface area contributed by atoms with Crippen LogP contribution in [0, 0.1) is 12.3 Å². The second-order valence-electron chi connectivity index (χ2n) is 6.70. The number of terminal acetylenes is 1. The molecule has 0 saturated carbocycles. The summed E-state index contributed by atoms with van der Waals surface area (Å²) in [6, 6.07) is -0.662. The molecule has 10 nitrogen and oxygen atoms in total. The number of hydrogen-bond donors (Lipinski definition) is 2. The van der Waals surface area contributed by atoms with E-state index in [4.69, 9.17) is 25.2 Å². The third kappa shape index (κ3) is 2.92. The van der Waals surface area contributed by atoms with Crippen LogP contribution in [-0.4, -0.2) is 79.4 Å². The summed E-state index contributed by atoms with van der Waals surface area (Å²) in [5.41, 5.74) is -1.19. The van der Waals surface area contributed by atoms with Crippen molar-refractivity contribution in [2.24, 2.45) is 0 Å². The lowest BCUT2D eigenvalue weighted by molar-refractivity contribution is -0.840. The number of imide groups is 1. The van der Waals surface area contributed by atoms with E-state index in [0.717, 1.165) is 6.66 Å². The van der Waals surface area contributed by atoms with Crippen LogP contribution < -0.4 is 5.32 Å². The Morgan fingerprint density at radius 2 is 2.27 bits per heavy atom. The zero-order valence-corrected chi connectivity index (χ0v) is 15.4. The molecule has 3 heterocycles. The number of methoxy groups -OCH3 is 1. The van der Waals surface area contributed by atoms with E-state index in [-0.39, 0.29) is 18.8 Å². The van der Waals surface area contributed by atoms with Gasteiger partial charge in [0, 0.05) is 13.8 Å². The Balaban J connectivity index is 2.01. The highest BCUT2D eigenvalue weighted by molar-refractivity contribution is 7.51. The SMILES string of the molecule is C#CC1=C[N+](C)([C@@H]2O[C@@]3(COC)CO[C@H]2C3OP(C)(=O)O)C(=O)NC1=O. The first kappa shape index (κ1) is 19.2. The molecule has 2 fully saturated rings. The maximum atomic E-state index is 12.5. The number of fused-ring (bicyclic) bond motifs is 2. The van der Waals surface area contributed by atoms with Gasteiger partial charge in [-0.05, 0) is 0 Å². The van der Waals surface area contributed by atoms with Crippen LogP contribution in [0.15, 0.2) is 11.8 Å². The van der Waals surface area contributed by atoms with Crippen LogP contribution in [0.1, 0.15) is 0 Å². The smallest absolute Gasteiger partial charge is 0.381 e. The van der Waals surface area contributed by atoms with Crippen LogP contribution in [0.2, 0.25) is 0 Å². The van der Waals surface area contributed by atoms with Gasteiger partial charge in [-0.15, -0.1) is 6.42 Å².